The summed E-state index contributed by atoms with van der Waals surface area (Å²) in [7, 11) is 0. The zero-order chi connectivity index (χ0) is 12.4. The van der Waals surface area contributed by atoms with Crippen molar-refractivity contribution in [1.29, 1.82) is 0 Å². The fourth-order valence-electron chi connectivity index (χ4n) is 2.16. The van der Waals surface area contributed by atoms with Gasteiger partial charge in [0.25, 0.3) is 0 Å². The molecule has 18 heavy (non-hydrogen) atoms. The summed E-state index contributed by atoms with van der Waals surface area (Å²) in [4.78, 5) is 3.59. The lowest BCUT2D eigenvalue weighted by molar-refractivity contribution is 0.0898. The van der Waals surface area contributed by atoms with E-state index in [2.05, 4.69) is 28.5 Å². The first kappa shape index (κ1) is 12.2. The molecule has 1 unspecified atom stereocenters. The monoisotopic (exact) mass is 279 g/mol. The van der Waals surface area contributed by atoms with Crippen LogP contribution in [-0.2, 0) is 11.3 Å². The summed E-state index contributed by atoms with van der Waals surface area (Å²) in [5.41, 5.74) is 1.16. The Morgan fingerprint density at radius 1 is 1.28 bits per heavy atom. The van der Waals surface area contributed by atoms with Crippen LogP contribution < -0.4 is 0 Å². The van der Waals surface area contributed by atoms with E-state index in [1.165, 1.54) is 4.88 Å². The minimum Gasteiger partial charge on any atom is -0.356 e. The van der Waals surface area contributed by atoms with Crippen LogP contribution >= 0.6 is 22.9 Å². The average Bonchev–Trinajstić information content (AvgIpc) is 3.02. The molecule has 2 aromatic rings. The van der Waals surface area contributed by atoms with Crippen molar-refractivity contribution in [3.63, 3.8) is 0 Å². The molecule has 1 atom stereocenters. The Hall–Kier alpha value is -0.870. The molecule has 0 spiro atoms. The first-order chi connectivity index (χ1) is 8.83. The molecule has 1 fully saturated rings. The summed E-state index contributed by atoms with van der Waals surface area (Å²) in [5, 5.41) is 2.92. The van der Waals surface area contributed by atoms with Gasteiger partial charge in [-0.15, -0.1) is 11.3 Å². The molecule has 1 saturated heterocycles. The van der Waals surface area contributed by atoms with Crippen LogP contribution in [-0.4, -0.2) is 18.2 Å². The Morgan fingerprint density at radius 2 is 2.17 bits per heavy atom. The summed E-state index contributed by atoms with van der Waals surface area (Å²) in [5.74, 6) is 0. The standard InChI is InChI=1S/C14H14ClNOS/c15-12-5-2-1-4-11(12)8-16-9-13(17-10-16)14-6-3-7-18-14/h1-7,13H,8-10H2. The summed E-state index contributed by atoms with van der Waals surface area (Å²) >= 11 is 7.93. The highest BCUT2D eigenvalue weighted by Crippen LogP contribution is 2.29. The molecular weight excluding hydrogens is 266 g/mol. The first-order valence-electron chi connectivity index (χ1n) is 5.94. The normalized spacial score (nSPS) is 20.4. The molecule has 3 rings (SSSR count). The van der Waals surface area contributed by atoms with Crippen molar-refractivity contribution in [2.24, 2.45) is 0 Å². The summed E-state index contributed by atoms with van der Waals surface area (Å²) < 4.78 is 5.82. The van der Waals surface area contributed by atoms with E-state index in [-0.39, 0.29) is 6.10 Å². The second kappa shape index (κ2) is 5.41. The lowest BCUT2D eigenvalue weighted by Crippen LogP contribution is -2.19. The van der Waals surface area contributed by atoms with E-state index in [1.54, 1.807) is 11.3 Å². The molecule has 0 N–H and O–H groups in total. The van der Waals surface area contributed by atoms with Crippen LogP contribution in [0.2, 0.25) is 5.02 Å². The molecule has 2 nitrogen and oxygen atoms in total. The van der Waals surface area contributed by atoms with Crippen LogP contribution in [0, 0.1) is 0 Å². The number of ether oxygens (including phenoxy) is 1. The molecule has 4 heteroatoms. The zero-order valence-electron chi connectivity index (χ0n) is 9.88. The van der Waals surface area contributed by atoms with E-state index < -0.39 is 0 Å². The molecule has 0 amide bonds. The van der Waals surface area contributed by atoms with Gasteiger partial charge in [0.05, 0.1) is 0 Å². The fourth-order valence-corrected chi connectivity index (χ4v) is 3.12. The van der Waals surface area contributed by atoms with Crippen molar-refractivity contribution in [3.8, 4) is 0 Å². The predicted octanol–water partition coefficient (Wildman–Crippen LogP) is 3.93. The van der Waals surface area contributed by atoms with Gasteiger partial charge in [0, 0.05) is 23.0 Å². The number of hydrogen-bond acceptors (Lipinski definition) is 3. The minimum absolute atomic E-state index is 0.215. The lowest BCUT2D eigenvalue weighted by Gasteiger charge is -2.14. The molecule has 0 saturated carbocycles. The van der Waals surface area contributed by atoms with Gasteiger partial charge in [-0.1, -0.05) is 35.9 Å². The summed E-state index contributed by atoms with van der Waals surface area (Å²) in [6.07, 6.45) is 0.215. The molecule has 0 aliphatic carbocycles. The number of nitrogens with zero attached hydrogens (tertiary/aromatic N) is 1. The highest BCUT2D eigenvalue weighted by Gasteiger charge is 2.25. The van der Waals surface area contributed by atoms with Gasteiger partial charge in [-0.05, 0) is 23.1 Å². The van der Waals surface area contributed by atoms with Crippen LogP contribution in [0.4, 0.5) is 0 Å². The quantitative estimate of drug-likeness (QED) is 0.844. The fraction of sp³-hybridized carbons (Fsp3) is 0.286. The molecule has 1 aliphatic rings. The third-order valence-corrected chi connectivity index (χ3v) is 4.43. The van der Waals surface area contributed by atoms with E-state index in [0.29, 0.717) is 6.73 Å². The Labute approximate surface area is 116 Å². The molecule has 0 bridgehead atoms. The molecule has 1 aromatic heterocycles. The van der Waals surface area contributed by atoms with Crippen molar-refractivity contribution in [2.75, 3.05) is 13.3 Å². The van der Waals surface area contributed by atoms with Crippen molar-refractivity contribution in [3.05, 3.63) is 57.2 Å². The Kier molecular flexibility index (Phi) is 3.66. The number of halogens is 1. The summed E-state index contributed by atoms with van der Waals surface area (Å²) in [6.45, 7) is 2.46. The van der Waals surface area contributed by atoms with Gasteiger partial charge in [0.1, 0.15) is 12.8 Å². The van der Waals surface area contributed by atoms with E-state index >= 15 is 0 Å². The number of thiophene rings is 1. The van der Waals surface area contributed by atoms with E-state index in [0.717, 1.165) is 23.7 Å². The van der Waals surface area contributed by atoms with Crippen LogP contribution in [0.3, 0.4) is 0 Å². The molecular formula is C14H14ClNOS. The second-order valence-electron chi connectivity index (χ2n) is 4.40. The maximum absolute atomic E-state index is 6.17. The van der Waals surface area contributed by atoms with Crippen molar-refractivity contribution >= 4 is 22.9 Å². The van der Waals surface area contributed by atoms with E-state index in [9.17, 15) is 0 Å². The first-order valence-corrected chi connectivity index (χ1v) is 7.19. The van der Waals surface area contributed by atoms with Crippen molar-refractivity contribution in [2.45, 2.75) is 12.6 Å². The van der Waals surface area contributed by atoms with Gasteiger partial charge in [-0.2, -0.15) is 0 Å². The van der Waals surface area contributed by atoms with E-state index in [4.69, 9.17) is 16.3 Å². The van der Waals surface area contributed by atoms with Gasteiger partial charge in [-0.25, -0.2) is 0 Å². The maximum atomic E-state index is 6.17. The average molecular weight is 280 g/mol. The van der Waals surface area contributed by atoms with Crippen molar-refractivity contribution < 1.29 is 4.74 Å². The largest absolute Gasteiger partial charge is 0.356 e. The van der Waals surface area contributed by atoms with E-state index in [1.807, 2.05) is 18.2 Å². The smallest absolute Gasteiger partial charge is 0.106 e. The molecule has 2 heterocycles. The molecule has 1 aliphatic heterocycles. The van der Waals surface area contributed by atoms with Crippen molar-refractivity contribution in [1.82, 2.24) is 4.90 Å². The third-order valence-electron chi connectivity index (χ3n) is 3.09. The van der Waals surface area contributed by atoms with Crippen LogP contribution in [0.5, 0.6) is 0 Å². The van der Waals surface area contributed by atoms with Gasteiger partial charge >= 0.3 is 0 Å². The van der Waals surface area contributed by atoms with Gasteiger partial charge in [-0.3, -0.25) is 4.90 Å². The Bertz CT molecular complexity index is 514. The SMILES string of the molecule is Clc1ccccc1CN1COC(c2cccs2)C1. The Morgan fingerprint density at radius 3 is 2.94 bits per heavy atom. The highest BCUT2D eigenvalue weighted by molar-refractivity contribution is 7.10. The number of benzene rings is 1. The van der Waals surface area contributed by atoms with Crippen LogP contribution in [0.15, 0.2) is 41.8 Å². The molecule has 0 radical (unpaired) electrons. The zero-order valence-corrected chi connectivity index (χ0v) is 11.5. The van der Waals surface area contributed by atoms with Crippen LogP contribution in [0.1, 0.15) is 16.5 Å². The number of rotatable bonds is 3. The van der Waals surface area contributed by atoms with Gasteiger partial charge < -0.3 is 4.74 Å². The number of hydrogen-bond donors (Lipinski definition) is 0. The third kappa shape index (κ3) is 2.59. The van der Waals surface area contributed by atoms with Crippen LogP contribution in [0.25, 0.3) is 0 Å². The Balaban J connectivity index is 1.65. The molecule has 1 aromatic carbocycles. The lowest BCUT2D eigenvalue weighted by atomic mass is 10.2. The topological polar surface area (TPSA) is 12.5 Å². The predicted molar refractivity (Wildman–Crippen MR) is 74.9 cm³/mol. The maximum Gasteiger partial charge on any atom is 0.106 e. The highest BCUT2D eigenvalue weighted by atomic mass is 35.5. The van der Waals surface area contributed by atoms with Gasteiger partial charge in [0.15, 0.2) is 0 Å². The van der Waals surface area contributed by atoms with Gasteiger partial charge in [0.2, 0.25) is 0 Å². The second-order valence-corrected chi connectivity index (χ2v) is 5.79. The minimum atomic E-state index is 0.215. The summed E-state index contributed by atoms with van der Waals surface area (Å²) in [6, 6.07) is 12.2. The molecule has 94 valence electrons.